The number of carbonyl (C=O) groups excluding carboxylic acids is 3. The predicted molar refractivity (Wildman–Crippen MR) is 178 cm³/mol. The summed E-state index contributed by atoms with van der Waals surface area (Å²) in [4.78, 5) is 46.3. The van der Waals surface area contributed by atoms with Gasteiger partial charge in [0, 0.05) is 27.0 Å². The zero-order valence-corrected chi connectivity index (χ0v) is 26.1. The van der Waals surface area contributed by atoms with Crippen LogP contribution in [-0.4, -0.2) is 29.6 Å². The number of anilines is 2. The number of ketones is 2. The van der Waals surface area contributed by atoms with Crippen LogP contribution in [0.4, 0.5) is 11.4 Å². The first-order chi connectivity index (χ1) is 21.4. The summed E-state index contributed by atoms with van der Waals surface area (Å²) in [5, 5.41) is 3.10. The van der Waals surface area contributed by atoms with Gasteiger partial charge in [-0.05, 0) is 53.8 Å². The second-order valence-corrected chi connectivity index (χ2v) is 12.9. The Morgan fingerprint density at radius 2 is 1.52 bits per heavy atom. The Balaban J connectivity index is 1.44. The van der Waals surface area contributed by atoms with E-state index in [0.29, 0.717) is 16.8 Å². The van der Waals surface area contributed by atoms with Gasteiger partial charge in [-0.15, -0.1) is 0 Å². The van der Waals surface area contributed by atoms with E-state index in [1.165, 1.54) is 5.56 Å². The number of nitrogens with zero attached hydrogens (tertiary/aromatic N) is 1. The third-order valence-corrected chi connectivity index (χ3v) is 10.1. The highest BCUT2D eigenvalue weighted by Gasteiger charge is 2.70. The largest absolute Gasteiger partial charge is 0.352 e. The van der Waals surface area contributed by atoms with Gasteiger partial charge in [-0.25, -0.2) is 0 Å². The van der Waals surface area contributed by atoms with E-state index in [0.717, 1.165) is 47.0 Å². The van der Waals surface area contributed by atoms with E-state index >= 15 is 4.79 Å². The first kappa shape index (κ1) is 28.5. The van der Waals surface area contributed by atoms with Crippen molar-refractivity contribution in [3.63, 3.8) is 0 Å². The fraction of sp³-hybridized carbons (Fsp3) is 0.237. The molecule has 1 saturated heterocycles. The normalized spacial score (nSPS) is 22.8. The van der Waals surface area contributed by atoms with Crippen molar-refractivity contribution in [3.05, 3.63) is 135 Å². The lowest BCUT2D eigenvalue weighted by molar-refractivity contribution is -0.121. The second kappa shape index (κ2) is 11.3. The number of para-hydroxylation sites is 2. The zero-order chi connectivity index (χ0) is 30.4. The van der Waals surface area contributed by atoms with Crippen LogP contribution in [0.2, 0.25) is 0 Å². The molecule has 1 N–H and O–H groups in total. The van der Waals surface area contributed by atoms with Crippen molar-refractivity contribution in [3.8, 4) is 0 Å². The average molecular weight is 646 g/mol. The first-order valence-corrected chi connectivity index (χ1v) is 16.1. The van der Waals surface area contributed by atoms with Crippen molar-refractivity contribution < 1.29 is 14.4 Å². The molecule has 3 heterocycles. The molecule has 4 aromatic rings. The van der Waals surface area contributed by atoms with E-state index in [1.807, 2.05) is 102 Å². The van der Waals surface area contributed by atoms with Crippen molar-refractivity contribution in [2.24, 2.45) is 5.92 Å². The highest BCUT2D eigenvalue weighted by molar-refractivity contribution is 9.10. The Morgan fingerprint density at radius 3 is 2.30 bits per heavy atom. The molecule has 0 aromatic heterocycles. The van der Waals surface area contributed by atoms with Gasteiger partial charge in [-0.2, -0.15) is 0 Å². The molecule has 7 rings (SSSR count). The number of hydrogen-bond donors (Lipinski definition) is 1. The number of fused-ring (bicyclic) bond motifs is 6. The van der Waals surface area contributed by atoms with Crippen LogP contribution < -0.4 is 10.2 Å². The molecule has 220 valence electrons. The molecule has 4 atom stereocenters. The molecule has 1 spiro atoms. The van der Waals surface area contributed by atoms with Crippen molar-refractivity contribution >= 4 is 50.9 Å². The van der Waals surface area contributed by atoms with E-state index in [9.17, 15) is 9.59 Å². The van der Waals surface area contributed by atoms with Gasteiger partial charge in [0.15, 0.2) is 11.6 Å². The maximum atomic E-state index is 15.0. The van der Waals surface area contributed by atoms with Gasteiger partial charge in [-0.3, -0.25) is 14.4 Å². The minimum absolute atomic E-state index is 0.184. The standard InChI is InChI=1S/C38H33BrN2O3/c1-2-3-4-9-24-14-16-26(17-15-24)35(42)33-34(36(43)27-18-21-28(39)22-19-27)41-31-13-8-5-10-25(31)20-23-32(41)38(33)29-11-6-7-12-30(29)40-37(38)44/h5-8,10-23,32-34H,2-4,9H2,1H3,(H,40,44). The number of carbonyl (C=O) groups is 3. The maximum Gasteiger partial charge on any atom is 0.238 e. The van der Waals surface area contributed by atoms with Crippen molar-refractivity contribution in [2.45, 2.75) is 50.1 Å². The molecule has 1 amide bonds. The molecule has 1 fully saturated rings. The third-order valence-electron chi connectivity index (χ3n) is 9.53. The summed E-state index contributed by atoms with van der Waals surface area (Å²) in [6.45, 7) is 2.18. The molecule has 44 heavy (non-hydrogen) atoms. The molecule has 3 aliphatic rings. The SMILES string of the molecule is CCCCCc1ccc(C(=O)C2C(C(=O)c3ccc(Br)cc3)N3c4ccccc4C=CC3C23C(=O)Nc2ccccc23)cc1. The van der Waals surface area contributed by atoms with Gasteiger partial charge >= 0.3 is 0 Å². The van der Waals surface area contributed by atoms with Gasteiger partial charge in [-0.1, -0.05) is 121 Å². The van der Waals surface area contributed by atoms with Crippen molar-refractivity contribution in [2.75, 3.05) is 10.2 Å². The number of amides is 1. The summed E-state index contributed by atoms with van der Waals surface area (Å²) in [5.74, 6) is -1.61. The van der Waals surface area contributed by atoms with Crippen LogP contribution in [0.1, 0.15) is 63.6 Å². The van der Waals surface area contributed by atoms with Crippen LogP contribution >= 0.6 is 15.9 Å². The second-order valence-electron chi connectivity index (χ2n) is 12.0. The zero-order valence-electron chi connectivity index (χ0n) is 24.5. The summed E-state index contributed by atoms with van der Waals surface area (Å²) in [6, 6.07) is 29.1. The molecule has 0 radical (unpaired) electrons. The molecule has 3 aliphatic heterocycles. The molecule has 4 unspecified atom stereocenters. The van der Waals surface area contributed by atoms with Crippen LogP contribution in [0, 0.1) is 5.92 Å². The molecular weight excluding hydrogens is 612 g/mol. The van der Waals surface area contributed by atoms with Crippen LogP contribution in [0.15, 0.2) is 108 Å². The summed E-state index contributed by atoms with van der Waals surface area (Å²) in [7, 11) is 0. The van der Waals surface area contributed by atoms with E-state index in [2.05, 4.69) is 28.2 Å². The first-order valence-electron chi connectivity index (χ1n) is 15.3. The van der Waals surface area contributed by atoms with E-state index < -0.39 is 23.4 Å². The smallest absolute Gasteiger partial charge is 0.238 e. The minimum atomic E-state index is -1.31. The Bertz CT molecular complexity index is 1800. The van der Waals surface area contributed by atoms with Crippen LogP contribution in [0.3, 0.4) is 0 Å². The molecular formula is C38H33BrN2O3. The van der Waals surface area contributed by atoms with Gasteiger partial charge in [0.05, 0.1) is 12.0 Å². The van der Waals surface area contributed by atoms with E-state index in [4.69, 9.17) is 0 Å². The molecule has 0 bridgehead atoms. The monoisotopic (exact) mass is 644 g/mol. The highest BCUT2D eigenvalue weighted by Crippen LogP contribution is 2.58. The molecule has 6 heteroatoms. The van der Waals surface area contributed by atoms with E-state index in [-0.39, 0.29) is 17.5 Å². The fourth-order valence-electron chi connectivity index (χ4n) is 7.50. The molecule has 0 aliphatic carbocycles. The van der Waals surface area contributed by atoms with Gasteiger partial charge in [0.25, 0.3) is 0 Å². The molecule has 5 nitrogen and oxygen atoms in total. The van der Waals surface area contributed by atoms with Crippen LogP contribution in [0.25, 0.3) is 6.08 Å². The highest BCUT2D eigenvalue weighted by atomic mass is 79.9. The number of aryl methyl sites for hydroxylation is 1. The number of unbranched alkanes of at least 4 members (excludes halogenated alkanes) is 2. The number of Topliss-reactive ketones (excluding diaryl/α,β-unsaturated/α-hetero) is 2. The van der Waals surface area contributed by atoms with Gasteiger partial charge in [0.1, 0.15) is 11.5 Å². The Labute approximate surface area is 266 Å². The van der Waals surface area contributed by atoms with Crippen molar-refractivity contribution in [1.29, 1.82) is 0 Å². The summed E-state index contributed by atoms with van der Waals surface area (Å²) in [6.07, 6.45) is 8.38. The number of halogens is 1. The number of benzene rings is 4. The molecule has 0 saturated carbocycles. The number of hydrogen-bond acceptors (Lipinski definition) is 4. The van der Waals surface area contributed by atoms with E-state index in [1.54, 1.807) is 12.1 Å². The van der Waals surface area contributed by atoms with Crippen LogP contribution in [-0.2, 0) is 16.6 Å². The lowest BCUT2D eigenvalue weighted by Gasteiger charge is -2.37. The van der Waals surface area contributed by atoms with Gasteiger partial charge in [0.2, 0.25) is 5.91 Å². The third kappa shape index (κ3) is 4.38. The quantitative estimate of drug-likeness (QED) is 0.156. The number of nitrogens with one attached hydrogen (secondary N) is 1. The Morgan fingerprint density at radius 1 is 0.841 bits per heavy atom. The predicted octanol–water partition coefficient (Wildman–Crippen LogP) is 8.04. The molecule has 4 aromatic carbocycles. The Kier molecular flexibility index (Phi) is 7.33. The van der Waals surface area contributed by atoms with Crippen LogP contribution in [0.5, 0.6) is 0 Å². The maximum absolute atomic E-state index is 15.0. The Hall–Kier alpha value is -4.29. The average Bonchev–Trinajstić information content (AvgIpc) is 3.53. The summed E-state index contributed by atoms with van der Waals surface area (Å²) < 4.78 is 0.858. The summed E-state index contributed by atoms with van der Waals surface area (Å²) >= 11 is 3.48. The van der Waals surface area contributed by atoms with Crippen molar-refractivity contribution in [1.82, 2.24) is 0 Å². The fourth-order valence-corrected chi connectivity index (χ4v) is 7.76. The van der Waals surface area contributed by atoms with Gasteiger partial charge < -0.3 is 10.2 Å². The number of rotatable bonds is 8. The lowest BCUT2D eigenvalue weighted by atomic mass is 9.64. The summed E-state index contributed by atoms with van der Waals surface area (Å²) in [5.41, 5.74) is 4.10. The topological polar surface area (TPSA) is 66.5 Å². The minimum Gasteiger partial charge on any atom is -0.352 e. The lowest BCUT2D eigenvalue weighted by Crippen LogP contribution is -2.51.